The van der Waals surface area contributed by atoms with E-state index in [0.29, 0.717) is 0 Å². The molecule has 1 saturated carbocycles. The highest BCUT2D eigenvalue weighted by Crippen LogP contribution is 2.27. The lowest BCUT2D eigenvalue weighted by atomic mass is 9.91. The smallest absolute Gasteiger partial charge is 0.111 e. The Hall–Kier alpha value is -1.43. The van der Waals surface area contributed by atoms with Gasteiger partial charge in [-0.05, 0) is 30.5 Å². The maximum absolute atomic E-state index is 5.45. The number of aromatic nitrogens is 2. The van der Waals surface area contributed by atoms with Crippen molar-refractivity contribution in [1.29, 1.82) is 0 Å². The van der Waals surface area contributed by atoms with Crippen molar-refractivity contribution in [2.45, 2.75) is 44.8 Å². The first kappa shape index (κ1) is 15.8. The van der Waals surface area contributed by atoms with Crippen LogP contribution in [0.4, 0.5) is 0 Å². The fourth-order valence-corrected chi connectivity index (χ4v) is 4.48. The highest BCUT2D eigenvalue weighted by Gasteiger charge is 2.27. The standard InChI is InChI=1S/C20H28N4O/c1-2-17(3-1)23-7-6-20-21-18-14-16(15-22-10-12-25-13-11-22)4-5-19(18)24(20)9-8-23/h4-5,14,17H,1-3,6-13,15H2. The van der Waals surface area contributed by atoms with Gasteiger partial charge in [0.15, 0.2) is 0 Å². The number of imidazole rings is 1. The monoisotopic (exact) mass is 340 g/mol. The maximum atomic E-state index is 5.45. The molecule has 0 atom stereocenters. The van der Waals surface area contributed by atoms with E-state index in [1.54, 1.807) is 0 Å². The molecule has 0 amide bonds. The molecule has 1 saturated heterocycles. The van der Waals surface area contributed by atoms with E-state index < -0.39 is 0 Å². The number of hydrogen-bond acceptors (Lipinski definition) is 4. The molecule has 5 rings (SSSR count). The number of fused-ring (bicyclic) bond motifs is 3. The summed E-state index contributed by atoms with van der Waals surface area (Å²) in [6, 6.07) is 7.73. The molecule has 3 aliphatic rings. The second-order valence-corrected chi connectivity index (χ2v) is 7.76. The lowest BCUT2D eigenvalue weighted by molar-refractivity contribution is 0.0342. The molecule has 0 N–H and O–H groups in total. The molecule has 0 radical (unpaired) electrons. The molecule has 134 valence electrons. The Bertz CT molecular complexity index is 745. The summed E-state index contributed by atoms with van der Waals surface area (Å²) in [4.78, 5) is 10.2. The van der Waals surface area contributed by atoms with E-state index in [1.807, 2.05) is 0 Å². The van der Waals surface area contributed by atoms with Gasteiger partial charge in [-0.15, -0.1) is 0 Å². The van der Waals surface area contributed by atoms with Gasteiger partial charge in [0.05, 0.1) is 24.2 Å². The van der Waals surface area contributed by atoms with Crippen molar-refractivity contribution >= 4 is 11.0 Å². The first-order valence-corrected chi connectivity index (χ1v) is 9.89. The molecule has 2 aromatic rings. The van der Waals surface area contributed by atoms with Crippen LogP contribution in [0.1, 0.15) is 30.7 Å². The first-order chi connectivity index (χ1) is 12.4. The highest BCUT2D eigenvalue weighted by atomic mass is 16.5. The average molecular weight is 340 g/mol. The zero-order valence-electron chi connectivity index (χ0n) is 15.0. The summed E-state index contributed by atoms with van der Waals surface area (Å²) in [5.74, 6) is 1.28. The lowest BCUT2D eigenvalue weighted by Gasteiger charge is -2.36. The lowest BCUT2D eigenvalue weighted by Crippen LogP contribution is -2.41. The molecule has 1 aromatic carbocycles. The van der Waals surface area contributed by atoms with Crippen LogP contribution in [0.15, 0.2) is 18.2 Å². The number of morpholine rings is 1. The summed E-state index contributed by atoms with van der Waals surface area (Å²) < 4.78 is 7.92. The number of benzene rings is 1. The van der Waals surface area contributed by atoms with Crippen molar-refractivity contribution in [2.75, 3.05) is 39.4 Å². The molecule has 1 aromatic heterocycles. The summed E-state index contributed by atoms with van der Waals surface area (Å²) in [5.41, 5.74) is 3.87. The highest BCUT2D eigenvalue weighted by molar-refractivity contribution is 5.77. The van der Waals surface area contributed by atoms with Crippen LogP contribution < -0.4 is 0 Å². The normalized spacial score (nSPS) is 23.4. The second-order valence-electron chi connectivity index (χ2n) is 7.76. The van der Waals surface area contributed by atoms with Crippen LogP contribution in [-0.4, -0.2) is 64.8 Å². The molecule has 1 aliphatic carbocycles. The van der Waals surface area contributed by atoms with Crippen LogP contribution in [0.5, 0.6) is 0 Å². The number of ether oxygens (including phenoxy) is 1. The van der Waals surface area contributed by atoms with Crippen molar-refractivity contribution in [1.82, 2.24) is 19.4 Å². The van der Waals surface area contributed by atoms with E-state index in [0.717, 1.165) is 51.9 Å². The predicted molar refractivity (Wildman–Crippen MR) is 98.7 cm³/mol. The summed E-state index contributed by atoms with van der Waals surface area (Å²) in [6.45, 7) is 8.25. The van der Waals surface area contributed by atoms with Gasteiger partial charge >= 0.3 is 0 Å². The Kier molecular flexibility index (Phi) is 4.24. The van der Waals surface area contributed by atoms with Gasteiger partial charge in [-0.3, -0.25) is 9.80 Å². The molecule has 0 bridgehead atoms. The number of nitrogens with zero attached hydrogens (tertiary/aromatic N) is 4. The molecule has 0 spiro atoms. The summed E-state index contributed by atoms with van der Waals surface area (Å²) in [5, 5.41) is 0. The summed E-state index contributed by atoms with van der Waals surface area (Å²) >= 11 is 0. The molecular formula is C20H28N4O. The Labute approximate surface area is 149 Å². The quantitative estimate of drug-likeness (QED) is 0.858. The van der Waals surface area contributed by atoms with E-state index in [9.17, 15) is 0 Å². The second kappa shape index (κ2) is 6.71. The van der Waals surface area contributed by atoms with Crippen molar-refractivity contribution in [3.63, 3.8) is 0 Å². The minimum atomic E-state index is 0.844. The third-order valence-electron chi connectivity index (χ3n) is 6.23. The molecule has 2 fully saturated rings. The van der Waals surface area contributed by atoms with Gasteiger partial charge in [-0.1, -0.05) is 12.5 Å². The van der Waals surface area contributed by atoms with Crippen LogP contribution >= 0.6 is 0 Å². The van der Waals surface area contributed by atoms with Crippen LogP contribution in [0.25, 0.3) is 11.0 Å². The van der Waals surface area contributed by atoms with Crippen LogP contribution in [-0.2, 0) is 24.2 Å². The van der Waals surface area contributed by atoms with Gasteiger partial charge in [-0.2, -0.15) is 0 Å². The van der Waals surface area contributed by atoms with Gasteiger partial charge < -0.3 is 9.30 Å². The van der Waals surface area contributed by atoms with E-state index in [1.165, 1.54) is 54.8 Å². The van der Waals surface area contributed by atoms with Crippen molar-refractivity contribution < 1.29 is 4.74 Å². The van der Waals surface area contributed by atoms with Gasteiger partial charge in [0.2, 0.25) is 0 Å². The van der Waals surface area contributed by atoms with E-state index in [-0.39, 0.29) is 0 Å². The average Bonchev–Trinajstić information content (AvgIpc) is 2.81. The van der Waals surface area contributed by atoms with Gasteiger partial charge in [0, 0.05) is 51.7 Å². The van der Waals surface area contributed by atoms with Gasteiger partial charge in [0.1, 0.15) is 5.82 Å². The van der Waals surface area contributed by atoms with Gasteiger partial charge in [-0.25, -0.2) is 4.98 Å². The van der Waals surface area contributed by atoms with E-state index in [2.05, 4.69) is 32.6 Å². The molecule has 2 aliphatic heterocycles. The zero-order valence-corrected chi connectivity index (χ0v) is 15.0. The largest absolute Gasteiger partial charge is 0.379 e. The molecular weight excluding hydrogens is 312 g/mol. The Morgan fingerprint density at radius 1 is 1.04 bits per heavy atom. The molecule has 5 heteroatoms. The van der Waals surface area contributed by atoms with E-state index in [4.69, 9.17) is 9.72 Å². The zero-order chi connectivity index (χ0) is 16.6. The fourth-order valence-electron chi connectivity index (χ4n) is 4.48. The van der Waals surface area contributed by atoms with Crippen molar-refractivity contribution in [3.8, 4) is 0 Å². The number of hydrogen-bond donors (Lipinski definition) is 0. The summed E-state index contributed by atoms with van der Waals surface area (Å²) in [7, 11) is 0. The third-order valence-corrected chi connectivity index (χ3v) is 6.23. The molecule has 5 nitrogen and oxygen atoms in total. The molecule has 25 heavy (non-hydrogen) atoms. The Morgan fingerprint density at radius 2 is 1.92 bits per heavy atom. The van der Waals surface area contributed by atoms with Crippen LogP contribution in [0.2, 0.25) is 0 Å². The Morgan fingerprint density at radius 3 is 2.72 bits per heavy atom. The van der Waals surface area contributed by atoms with Gasteiger partial charge in [0.25, 0.3) is 0 Å². The molecule has 3 heterocycles. The third kappa shape index (κ3) is 3.09. The Balaban J connectivity index is 1.34. The number of rotatable bonds is 3. The van der Waals surface area contributed by atoms with Crippen LogP contribution in [0.3, 0.4) is 0 Å². The SMILES string of the molecule is c1cc2c(cc1CN1CCOCC1)nc1n2CCN(C2CCC2)CC1. The summed E-state index contributed by atoms with van der Waals surface area (Å²) in [6.07, 6.45) is 5.30. The minimum absolute atomic E-state index is 0.844. The predicted octanol–water partition coefficient (Wildman–Crippen LogP) is 2.28. The van der Waals surface area contributed by atoms with Crippen molar-refractivity contribution in [3.05, 3.63) is 29.6 Å². The molecule has 0 unspecified atom stereocenters. The maximum Gasteiger partial charge on any atom is 0.111 e. The van der Waals surface area contributed by atoms with Crippen molar-refractivity contribution in [2.24, 2.45) is 0 Å². The fraction of sp³-hybridized carbons (Fsp3) is 0.650. The van der Waals surface area contributed by atoms with E-state index >= 15 is 0 Å². The van der Waals surface area contributed by atoms with Crippen LogP contribution in [0, 0.1) is 0 Å². The topological polar surface area (TPSA) is 33.5 Å². The first-order valence-electron chi connectivity index (χ1n) is 9.89. The minimum Gasteiger partial charge on any atom is -0.379 e.